The summed E-state index contributed by atoms with van der Waals surface area (Å²) in [6.45, 7) is 4.07. The van der Waals surface area contributed by atoms with Crippen LogP contribution in [0.15, 0.2) is 60.7 Å². The highest BCUT2D eigenvalue weighted by atomic mass is 35.5. The van der Waals surface area contributed by atoms with Crippen LogP contribution in [0.3, 0.4) is 0 Å². The number of hydrogen-bond donors (Lipinski definition) is 0. The Kier molecular flexibility index (Phi) is 6.62. The minimum atomic E-state index is -0.615. The maximum absolute atomic E-state index is 12.0. The van der Waals surface area contributed by atoms with Crippen molar-refractivity contribution < 1.29 is 14.3 Å². The van der Waals surface area contributed by atoms with Crippen molar-refractivity contribution in [1.82, 2.24) is 9.78 Å². The number of aryl methyl sites for hydroxylation is 2. The second-order valence-electron chi connectivity index (χ2n) is 6.66. The van der Waals surface area contributed by atoms with E-state index >= 15 is 0 Å². The SMILES string of the molecule is Cc1ccc(Cn2nc(C)c(/C=C/C(=O)OCC(=O)c3ccccc3)c2Cl)cc1. The van der Waals surface area contributed by atoms with Gasteiger partial charge in [-0.15, -0.1) is 0 Å². The molecule has 6 heteroatoms. The van der Waals surface area contributed by atoms with E-state index in [9.17, 15) is 9.59 Å². The summed E-state index contributed by atoms with van der Waals surface area (Å²) in [5, 5.41) is 4.88. The summed E-state index contributed by atoms with van der Waals surface area (Å²) in [5.74, 6) is -0.872. The Morgan fingerprint density at radius 1 is 1.07 bits per heavy atom. The van der Waals surface area contributed by atoms with Crippen LogP contribution in [0.25, 0.3) is 6.08 Å². The van der Waals surface area contributed by atoms with Crippen molar-refractivity contribution >= 4 is 29.4 Å². The lowest BCUT2D eigenvalue weighted by atomic mass is 10.1. The van der Waals surface area contributed by atoms with Gasteiger partial charge in [0, 0.05) is 17.2 Å². The Bertz CT molecular complexity index is 1040. The molecular formula is C23H21ClN2O3. The van der Waals surface area contributed by atoms with Gasteiger partial charge in [-0.25, -0.2) is 9.48 Å². The summed E-state index contributed by atoms with van der Waals surface area (Å²) in [6.07, 6.45) is 2.82. The summed E-state index contributed by atoms with van der Waals surface area (Å²) in [7, 11) is 0. The fraction of sp³-hybridized carbons (Fsp3) is 0.174. The standard InChI is InChI=1S/C23H21ClN2O3/c1-16-8-10-18(11-9-16)14-26-23(24)20(17(2)25-26)12-13-22(28)29-15-21(27)19-6-4-3-5-7-19/h3-13H,14-15H2,1-2H3/b13-12+. The average Bonchev–Trinajstić information content (AvgIpc) is 2.99. The molecule has 0 saturated carbocycles. The number of Topliss-reactive ketones (excluding diaryl/α,β-unsaturated/α-hetero) is 1. The highest BCUT2D eigenvalue weighted by Crippen LogP contribution is 2.22. The van der Waals surface area contributed by atoms with Crippen LogP contribution in [-0.4, -0.2) is 28.1 Å². The lowest BCUT2D eigenvalue weighted by Crippen LogP contribution is -2.12. The summed E-state index contributed by atoms with van der Waals surface area (Å²) < 4.78 is 6.71. The van der Waals surface area contributed by atoms with Crippen molar-refractivity contribution in [1.29, 1.82) is 0 Å². The molecule has 0 unspecified atom stereocenters. The van der Waals surface area contributed by atoms with Gasteiger partial charge in [-0.2, -0.15) is 5.10 Å². The number of ether oxygens (including phenoxy) is 1. The fourth-order valence-electron chi connectivity index (χ4n) is 2.77. The molecule has 0 spiro atoms. The van der Waals surface area contributed by atoms with Crippen molar-refractivity contribution in [3.63, 3.8) is 0 Å². The quantitative estimate of drug-likeness (QED) is 0.324. The van der Waals surface area contributed by atoms with Crippen LogP contribution >= 0.6 is 11.6 Å². The smallest absolute Gasteiger partial charge is 0.331 e. The van der Waals surface area contributed by atoms with Crippen molar-refractivity contribution in [2.75, 3.05) is 6.61 Å². The zero-order chi connectivity index (χ0) is 20.8. The van der Waals surface area contributed by atoms with E-state index in [1.807, 2.05) is 44.2 Å². The fourth-order valence-corrected chi connectivity index (χ4v) is 3.07. The molecule has 0 saturated heterocycles. The normalized spacial score (nSPS) is 11.0. The molecule has 0 N–H and O–H groups in total. The molecule has 1 heterocycles. The molecule has 2 aromatic carbocycles. The zero-order valence-corrected chi connectivity index (χ0v) is 17.0. The van der Waals surface area contributed by atoms with E-state index in [-0.39, 0.29) is 12.4 Å². The molecule has 0 fully saturated rings. The van der Waals surface area contributed by atoms with E-state index in [4.69, 9.17) is 16.3 Å². The van der Waals surface area contributed by atoms with Crippen LogP contribution in [0, 0.1) is 13.8 Å². The molecule has 0 amide bonds. The van der Waals surface area contributed by atoms with Gasteiger partial charge in [-0.05, 0) is 25.5 Å². The van der Waals surface area contributed by atoms with E-state index < -0.39 is 5.97 Å². The maximum Gasteiger partial charge on any atom is 0.331 e. The summed E-state index contributed by atoms with van der Waals surface area (Å²) >= 11 is 6.44. The monoisotopic (exact) mass is 408 g/mol. The van der Waals surface area contributed by atoms with Gasteiger partial charge in [0.05, 0.1) is 12.2 Å². The van der Waals surface area contributed by atoms with E-state index in [2.05, 4.69) is 5.10 Å². The first-order valence-electron chi connectivity index (χ1n) is 9.15. The summed E-state index contributed by atoms with van der Waals surface area (Å²) in [6, 6.07) is 16.8. The number of benzene rings is 2. The Hall–Kier alpha value is -3.18. The number of nitrogens with zero attached hydrogens (tertiary/aromatic N) is 2. The molecule has 0 atom stereocenters. The van der Waals surface area contributed by atoms with E-state index in [0.717, 1.165) is 5.56 Å². The number of rotatable bonds is 7. The molecule has 0 aliphatic rings. The van der Waals surface area contributed by atoms with E-state index in [0.29, 0.717) is 28.5 Å². The van der Waals surface area contributed by atoms with Gasteiger partial charge in [0.15, 0.2) is 12.4 Å². The van der Waals surface area contributed by atoms with Gasteiger partial charge in [-0.1, -0.05) is 71.8 Å². The minimum Gasteiger partial charge on any atom is -0.454 e. The third-order valence-corrected chi connectivity index (χ3v) is 4.79. The molecule has 0 radical (unpaired) electrons. The summed E-state index contributed by atoms with van der Waals surface area (Å²) in [4.78, 5) is 24.0. The molecule has 1 aromatic heterocycles. The Balaban J connectivity index is 1.62. The topological polar surface area (TPSA) is 61.2 Å². The number of ketones is 1. The maximum atomic E-state index is 12.0. The van der Waals surface area contributed by atoms with Gasteiger partial charge < -0.3 is 4.74 Å². The highest BCUT2D eigenvalue weighted by molar-refractivity contribution is 6.31. The first-order chi connectivity index (χ1) is 13.9. The van der Waals surface area contributed by atoms with Gasteiger partial charge in [-0.3, -0.25) is 4.79 Å². The highest BCUT2D eigenvalue weighted by Gasteiger charge is 2.13. The Labute approximate surface area is 174 Å². The number of halogens is 1. The predicted octanol–water partition coefficient (Wildman–Crippen LogP) is 4.64. The molecule has 0 aliphatic carbocycles. The average molecular weight is 409 g/mol. The lowest BCUT2D eigenvalue weighted by Gasteiger charge is -2.04. The second kappa shape index (κ2) is 9.34. The number of carbonyl (C=O) groups excluding carboxylic acids is 2. The number of aromatic nitrogens is 2. The predicted molar refractivity (Wildman–Crippen MR) is 113 cm³/mol. The molecule has 5 nitrogen and oxygen atoms in total. The summed E-state index contributed by atoms with van der Waals surface area (Å²) in [5.41, 5.74) is 4.11. The van der Waals surface area contributed by atoms with Crippen LogP contribution in [0.1, 0.15) is 32.7 Å². The first kappa shape index (κ1) is 20.6. The largest absolute Gasteiger partial charge is 0.454 e. The van der Waals surface area contributed by atoms with Crippen LogP contribution in [-0.2, 0) is 16.1 Å². The van der Waals surface area contributed by atoms with Crippen LogP contribution < -0.4 is 0 Å². The van der Waals surface area contributed by atoms with E-state index in [1.54, 1.807) is 35.0 Å². The zero-order valence-electron chi connectivity index (χ0n) is 16.3. The number of esters is 1. The molecule has 0 aliphatic heterocycles. The lowest BCUT2D eigenvalue weighted by molar-refractivity contribution is -0.136. The van der Waals surface area contributed by atoms with Crippen LogP contribution in [0.5, 0.6) is 0 Å². The van der Waals surface area contributed by atoms with Crippen molar-refractivity contribution in [3.8, 4) is 0 Å². The molecule has 3 aromatic rings. The van der Waals surface area contributed by atoms with Crippen molar-refractivity contribution in [2.45, 2.75) is 20.4 Å². The minimum absolute atomic E-state index is 0.257. The molecule has 148 valence electrons. The van der Waals surface area contributed by atoms with Gasteiger partial charge in [0.25, 0.3) is 0 Å². The van der Waals surface area contributed by atoms with Gasteiger partial charge in [0.1, 0.15) is 5.15 Å². The second-order valence-corrected chi connectivity index (χ2v) is 7.02. The molecular weight excluding hydrogens is 388 g/mol. The third-order valence-electron chi connectivity index (χ3n) is 4.39. The Morgan fingerprint density at radius 2 is 1.76 bits per heavy atom. The molecule has 3 rings (SSSR count). The van der Waals surface area contributed by atoms with Crippen molar-refractivity contribution in [3.05, 3.63) is 93.8 Å². The third kappa shape index (κ3) is 5.42. The van der Waals surface area contributed by atoms with Gasteiger partial charge in [0.2, 0.25) is 0 Å². The first-order valence-corrected chi connectivity index (χ1v) is 9.53. The van der Waals surface area contributed by atoms with Gasteiger partial charge >= 0.3 is 5.97 Å². The molecule has 0 bridgehead atoms. The van der Waals surface area contributed by atoms with E-state index in [1.165, 1.54) is 11.6 Å². The van der Waals surface area contributed by atoms with Crippen LogP contribution in [0.4, 0.5) is 0 Å². The number of hydrogen-bond acceptors (Lipinski definition) is 4. The molecule has 29 heavy (non-hydrogen) atoms. The Morgan fingerprint density at radius 3 is 2.45 bits per heavy atom. The van der Waals surface area contributed by atoms with Crippen molar-refractivity contribution in [2.24, 2.45) is 0 Å². The van der Waals surface area contributed by atoms with Crippen LogP contribution in [0.2, 0.25) is 5.15 Å². The number of carbonyl (C=O) groups is 2.